The lowest BCUT2D eigenvalue weighted by Crippen LogP contribution is -2.15. The van der Waals surface area contributed by atoms with Gasteiger partial charge in [0.05, 0.1) is 23.7 Å². The van der Waals surface area contributed by atoms with Gasteiger partial charge in [-0.2, -0.15) is 5.26 Å². The number of anilines is 1. The van der Waals surface area contributed by atoms with Crippen molar-refractivity contribution in [3.63, 3.8) is 0 Å². The van der Waals surface area contributed by atoms with Crippen LogP contribution < -0.4 is 5.32 Å². The number of nitriles is 1. The van der Waals surface area contributed by atoms with E-state index in [1.807, 2.05) is 54.0 Å². The molecule has 1 N–H and O–H groups in total. The number of aromatic nitrogens is 2. The Kier molecular flexibility index (Phi) is 6.05. The van der Waals surface area contributed by atoms with Crippen LogP contribution in [0.15, 0.2) is 54.0 Å². The number of nitrogens with zero attached hydrogens (tertiary/aromatic N) is 3. The molecule has 0 aliphatic heterocycles. The van der Waals surface area contributed by atoms with Crippen molar-refractivity contribution in [1.29, 1.82) is 5.26 Å². The molecule has 0 saturated carbocycles. The number of nitrogens with one attached hydrogen (secondary N) is 1. The number of benzene rings is 2. The van der Waals surface area contributed by atoms with E-state index in [-0.39, 0.29) is 17.7 Å². The van der Waals surface area contributed by atoms with Gasteiger partial charge < -0.3 is 9.88 Å². The molecule has 162 valence electrons. The second kappa shape index (κ2) is 8.78. The Bertz CT molecular complexity index is 1340. The molecule has 0 unspecified atom stereocenters. The number of carbonyl (C=O) groups excluding carboxylic acids is 1. The van der Waals surface area contributed by atoms with Crippen LogP contribution in [0.5, 0.6) is 0 Å². The molecule has 2 aromatic heterocycles. The highest BCUT2D eigenvalue weighted by atomic mass is 35.5. The van der Waals surface area contributed by atoms with Crippen molar-refractivity contribution in [1.82, 2.24) is 9.55 Å². The van der Waals surface area contributed by atoms with E-state index in [0.29, 0.717) is 22.3 Å². The molecule has 5 nitrogen and oxygen atoms in total. The minimum atomic E-state index is -0.128. The lowest BCUT2D eigenvalue weighted by Gasteiger charge is -2.14. The number of hydrogen-bond donors (Lipinski definition) is 1. The smallest absolute Gasteiger partial charge is 0.230 e. The first-order valence-corrected chi connectivity index (χ1v) is 11.5. The fourth-order valence-corrected chi connectivity index (χ4v) is 4.70. The highest BCUT2D eigenvalue weighted by Crippen LogP contribution is 2.28. The molecule has 4 aromatic rings. The molecule has 0 saturated heterocycles. The molecule has 0 bridgehead atoms. The zero-order chi connectivity index (χ0) is 22.9. The monoisotopic (exact) mass is 462 g/mol. The van der Waals surface area contributed by atoms with E-state index in [0.717, 1.165) is 27.7 Å². The quantitative estimate of drug-likeness (QED) is 0.386. The molecule has 0 fully saturated rings. The normalized spacial score (nSPS) is 11.5. The molecule has 0 aliphatic carbocycles. The average Bonchev–Trinajstić information content (AvgIpc) is 3.33. The standard InChI is InChI=1S/C25H23ClN4OS/c1-25(2,3)22-15-32-24(28-22)29-23(31)10-18-14-30(21-9-8-19(26)11-20(18)21)13-17-7-5-4-6-16(17)12-27/h4-9,11,14-15H,10,13H2,1-3H3,(H,28,29,31). The third kappa shape index (κ3) is 4.69. The number of amides is 1. The fourth-order valence-electron chi connectivity index (χ4n) is 3.58. The molecule has 0 aliphatic rings. The molecule has 2 aromatic carbocycles. The number of thiazole rings is 1. The first kappa shape index (κ1) is 22.1. The van der Waals surface area contributed by atoms with Crippen LogP contribution in [0, 0.1) is 11.3 Å². The Morgan fingerprint density at radius 3 is 2.72 bits per heavy atom. The summed E-state index contributed by atoms with van der Waals surface area (Å²) in [5, 5.41) is 16.5. The summed E-state index contributed by atoms with van der Waals surface area (Å²) in [6, 6.07) is 15.5. The largest absolute Gasteiger partial charge is 0.343 e. The lowest BCUT2D eigenvalue weighted by atomic mass is 9.93. The molecule has 2 heterocycles. The van der Waals surface area contributed by atoms with Crippen LogP contribution in [-0.4, -0.2) is 15.5 Å². The molecule has 4 rings (SSSR count). The third-order valence-electron chi connectivity index (χ3n) is 5.27. The summed E-state index contributed by atoms with van der Waals surface area (Å²) < 4.78 is 2.06. The predicted molar refractivity (Wildman–Crippen MR) is 130 cm³/mol. The van der Waals surface area contributed by atoms with Crippen LogP contribution in [0.4, 0.5) is 5.13 Å². The molecule has 0 atom stereocenters. The van der Waals surface area contributed by atoms with Gasteiger partial charge in [-0.3, -0.25) is 4.79 Å². The van der Waals surface area contributed by atoms with Crippen LogP contribution >= 0.6 is 22.9 Å². The minimum absolute atomic E-state index is 0.0661. The van der Waals surface area contributed by atoms with Gasteiger partial charge >= 0.3 is 0 Å². The van der Waals surface area contributed by atoms with Gasteiger partial charge in [0.25, 0.3) is 0 Å². The summed E-state index contributed by atoms with van der Waals surface area (Å²) in [5.41, 5.74) is 4.30. The van der Waals surface area contributed by atoms with Gasteiger partial charge in [-0.15, -0.1) is 11.3 Å². The number of rotatable bonds is 5. The molecule has 0 spiro atoms. The number of hydrogen-bond acceptors (Lipinski definition) is 4. The minimum Gasteiger partial charge on any atom is -0.343 e. The fraction of sp³-hybridized carbons (Fsp3) is 0.240. The van der Waals surface area contributed by atoms with Crippen molar-refractivity contribution >= 4 is 44.9 Å². The van der Waals surface area contributed by atoms with Crippen LogP contribution in [-0.2, 0) is 23.2 Å². The topological polar surface area (TPSA) is 70.7 Å². The van der Waals surface area contributed by atoms with E-state index in [4.69, 9.17) is 11.6 Å². The van der Waals surface area contributed by atoms with Crippen molar-refractivity contribution in [3.05, 3.63) is 81.4 Å². The summed E-state index contributed by atoms with van der Waals surface area (Å²) in [4.78, 5) is 17.4. The average molecular weight is 463 g/mol. The summed E-state index contributed by atoms with van der Waals surface area (Å²) >= 11 is 7.69. The van der Waals surface area contributed by atoms with Gasteiger partial charge in [0, 0.05) is 39.5 Å². The summed E-state index contributed by atoms with van der Waals surface area (Å²) in [7, 11) is 0. The predicted octanol–water partition coefficient (Wildman–Crippen LogP) is 6.15. The van der Waals surface area contributed by atoms with Crippen LogP contribution in [0.3, 0.4) is 0 Å². The van der Waals surface area contributed by atoms with E-state index in [1.54, 1.807) is 0 Å². The van der Waals surface area contributed by atoms with Crippen LogP contribution in [0.1, 0.15) is 43.2 Å². The summed E-state index contributed by atoms with van der Waals surface area (Å²) in [6.07, 6.45) is 2.17. The van der Waals surface area contributed by atoms with Gasteiger partial charge in [0.15, 0.2) is 5.13 Å². The van der Waals surface area contributed by atoms with Crippen molar-refractivity contribution < 1.29 is 4.79 Å². The molecule has 32 heavy (non-hydrogen) atoms. The summed E-state index contributed by atoms with van der Waals surface area (Å²) in [6.45, 7) is 6.81. The van der Waals surface area contributed by atoms with Crippen LogP contribution in [0.2, 0.25) is 5.02 Å². The highest BCUT2D eigenvalue weighted by molar-refractivity contribution is 7.13. The maximum atomic E-state index is 12.8. The molecular weight excluding hydrogens is 440 g/mol. The highest BCUT2D eigenvalue weighted by Gasteiger charge is 2.19. The summed E-state index contributed by atoms with van der Waals surface area (Å²) in [5.74, 6) is -0.128. The molecule has 7 heteroatoms. The SMILES string of the molecule is CC(C)(C)c1csc(NC(=O)Cc2cn(Cc3ccccc3C#N)c3ccc(Cl)cc23)n1. The zero-order valence-electron chi connectivity index (χ0n) is 18.1. The maximum absolute atomic E-state index is 12.8. The van der Waals surface area contributed by atoms with Crippen molar-refractivity contribution in [2.75, 3.05) is 5.32 Å². The first-order valence-electron chi connectivity index (χ1n) is 10.3. The van der Waals surface area contributed by atoms with E-state index >= 15 is 0 Å². The number of carbonyl (C=O) groups is 1. The molecule has 0 radical (unpaired) electrons. The maximum Gasteiger partial charge on any atom is 0.230 e. The second-order valence-electron chi connectivity index (χ2n) is 8.73. The zero-order valence-corrected chi connectivity index (χ0v) is 19.7. The van der Waals surface area contributed by atoms with Crippen molar-refractivity contribution in [3.8, 4) is 6.07 Å². The Hall–Kier alpha value is -3.14. The van der Waals surface area contributed by atoms with Crippen molar-refractivity contribution in [2.24, 2.45) is 0 Å². The van der Waals surface area contributed by atoms with E-state index in [9.17, 15) is 10.1 Å². The molecular formula is C25H23ClN4OS. The Morgan fingerprint density at radius 1 is 1.22 bits per heavy atom. The third-order valence-corrected chi connectivity index (χ3v) is 6.27. The first-order chi connectivity index (χ1) is 15.2. The van der Waals surface area contributed by atoms with Gasteiger partial charge in [-0.05, 0) is 35.4 Å². The van der Waals surface area contributed by atoms with Crippen molar-refractivity contribution in [2.45, 2.75) is 39.2 Å². The van der Waals surface area contributed by atoms with Gasteiger partial charge in [0.1, 0.15) is 0 Å². The van der Waals surface area contributed by atoms with E-state index < -0.39 is 0 Å². The lowest BCUT2D eigenvalue weighted by molar-refractivity contribution is -0.115. The van der Waals surface area contributed by atoms with Gasteiger partial charge in [-0.25, -0.2) is 4.98 Å². The Balaban J connectivity index is 1.61. The second-order valence-corrected chi connectivity index (χ2v) is 10.0. The van der Waals surface area contributed by atoms with E-state index in [2.05, 4.69) is 41.7 Å². The number of fused-ring (bicyclic) bond motifs is 1. The van der Waals surface area contributed by atoms with Gasteiger partial charge in [0.2, 0.25) is 5.91 Å². The number of halogens is 1. The Labute approximate surface area is 196 Å². The Morgan fingerprint density at radius 2 is 2.00 bits per heavy atom. The molecule has 1 amide bonds. The van der Waals surface area contributed by atoms with E-state index in [1.165, 1.54) is 11.3 Å². The van der Waals surface area contributed by atoms with Crippen LogP contribution in [0.25, 0.3) is 10.9 Å². The van der Waals surface area contributed by atoms with Gasteiger partial charge in [-0.1, -0.05) is 50.6 Å².